The standard InChI is InChI=1S/C20H16F6N2O2/c21-19(22,23)14-7-13(8-15(9-14)20(24,25)26)17(29)27-10-11-1-5-16(6-2-11)28-18(30)12-3-4-12/h1-2,5-9,12H,3-4,10H2,(H,27,29)(H,28,30). The molecule has 0 heterocycles. The molecule has 0 aliphatic heterocycles. The number of anilines is 1. The van der Waals surface area contributed by atoms with Gasteiger partial charge in [-0.3, -0.25) is 9.59 Å². The summed E-state index contributed by atoms with van der Waals surface area (Å²) in [6.07, 6.45) is -8.36. The highest BCUT2D eigenvalue weighted by Gasteiger charge is 2.37. The topological polar surface area (TPSA) is 58.2 Å². The van der Waals surface area contributed by atoms with Gasteiger partial charge in [0.05, 0.1) is 11.1 Å². The van der Waals surface area contributed by atoms with Crippen LogP contribution in [0.25, 0.3) is 0 Å². The van der Waals surface area contributed by atoms with Gasteiger partial charge in [0.25, 0.3) is 5.91 Å². The van der Waals surface area contributed by atoms with Crippen LogP contribution in [0.15, 0.2) is 42.5 Å². The zero-order valence-corrected chi connectivity index (χ0v) is 15.3. The largest absolute Gasteiger partial charge is 0.416 e. The van der Waals surface area contributed by atoms with Crippen molar-refractivity contribution in [3.63, 3.8) is 0 Å². The van der Waals surface area contributed by atoms with Crippen molar-refractivity contribution in [2.24, 2.45) is 5.92 Å². The van der Waals surface area contributed by atoms with Gasteiger partial charge in [-0.1, -0.05) is 12.1 Å². The lowest BCUT2D eigenvalue weighted by molar-refractivity contribution is -0.143. The van der Waals surface area contributed by atoms with Crippen LogP contribution in [-0.4, -0.2) is 11.8 Å². The van der Waals surface area contributed by atoms with E-state index in [1.54, 1.807) is 24.3 Å². The summed E-state index contributed by atoms with van der Waals surface area (Å²) in [5.41, 5.74) is -2.76. The van der Waals surface area contributed by atoms with E-state index in [4.69, 9.17) is 0 Å². The summed E-state index contributed by atoms with van der Waals surface area (Å²) >= 11 is 0. The molecule has 160 valence electrons. The lowest BCUT2D eigenvalue weighted by Gasteiger charge is -2.14. The highest BCUT2D eigenvalue weighted by atomic mass is 19.4. The highest BCUT2D eigenvalue weighted by molar-refractivity contribution is 5.95. The zero-order chi connectivity index (χ0) is 22.1. The van der Waals surface area contributed by atoms with Gasteiger partial charge in [-0.2, -0.15) is 26.3 Å². The summed E-state index contributed by atoms with van der Waals surface area (Å²) in [5.74, 6) is -1.13. The van der Waals surface area contributed by atoms with Gasteiger partial charge in [0, 0.05) is 23.7 Å². The molecular weight excluding hydrogens is 414 g/mol. The number of carbonyl (C=O) groups is 2. The zero-order valence-electron chi connectivity index (χ0n) is 15.3. The minimum absolute atomic E-state index is 0.0259. The summed E-state index contributed by atoms with van der Waals surface area (Å²) < 4.78 is 77.4. The van der Waals surface area contributed by atoms with Crippen LogP contribution in [0, 0.1) is 5.92 Å². The molecule has 0 radical (unpaired) electrons. The third-order valence-electron chi connectivity index (χ3n) is 4.47. The van der Waals surface area contributed by atoms with Crippen molar-refractivity contribution in [1.82, 2.24) is 5.32 Å². The number of benzene rings is 2. The first-order valence-corrected chi connectivity index (χ1v) is 8.91. The lowest BCUT2D eigenvalue weighted by Crippen LogP contribution is -2.24. The first kappa shape index (κ1) is 21.7. The van der Waals surface area contributed by atoms with Crippen molar-refractivity contribution in [3.05, 3.63) is 64.7 Å². The van der Waals surface area contributed by atoms with Crippen LogP contribution >= 0.6 is 0 Å². The SMILES string of the molecule is O=C(NCc1ccc(NC(=O)C2CC2)cc1)c1cc(C(F)(F)F)cc(C(F)(F)F)c1. The molecule has 0 saturated heterocycles. The van der Waals surface area contributed by atoms with Crippen LogP contribution in [0.4, 0.5) is 32.0 Å². The first-order chi connectivity index (χ1) is 13.9. The van der Waals surface area contributed by atoms with E-state index in [1.807, 2.05) is 0 Å². The maximum absolute atomic E-state index is 12.9. The van der Waals surface area contributed by atoms with Gasteiger partial charge < -0.3 is 10.6 Å². The van der Waals surface area contributed by atoms with Crippen LogP contribution in [0.2, 0.25) is 0 Å². The maximum Gasteiger partial charge on any atom is 0.416 e. The Hall–Kier alpha value is -3.04. The molecule has 0 atom stereocenters. The summed E-state index contributed by atoms with van der Waals surface area (Å²) in [6.45, 7) is -0.118. The summed E-state index contributed by atoms with van der Waals surface area (Å²) in [6, 6.07) is 7.06. The monoisotopic (exact) mass is 430 g/mol. The van der Waals surface area contributed by atoms with Gasteiger partial charge in [0.1, 0.15) is 0 Å². The molecule has 2 aromatic carbocycles. The van der Waals surface area contributed by atoms with E-state index < -0.39 is 35.0 Å². The Morgan fingerprint density at radius 1 is 0.867 bits per heavy atom. The Morgan fingerprint density at radius 3 is 1.87 bits per heavy atom. The van der Waals surface area contributed by atoms with Gasteiger partial charge in [-0.05, 0) is 48.7 Å². The Morgan fingerprint density at radius 2 is 1.40 bits per heavy atom. The quantitative estimate of drug-likeness (QED) is 0.656. The van der Waals surface area contributed by atoms with Crippen LogP contribution in [0.3, 0.4) is 0 Å². The number of hydrogen-bond donors (Lipinski definition) is 2. The first-order valence-electron chi connectivity index (χ1n) is 8.91. The van der Waals surface area contributed by atoms with Crippen LogP contribution in [0.5, 0.6) is 0 Å². The second kappa shape index (κ2) is 8.00. The van der Waals surface area contributed by atoms with Gasteiger partial charge in [0.2, 0.25) is 5.91 Å². The number of rotatable bonds is 5. The predicted octanol–water partition coefficient (Wildman–Crippen LogP) is 5.00. The number of amides is 2. The summed E-state index contributed by atoms with van der Waals surface area (Å²) in [4.78, 5) is 23.9. The Labute approximate surface area is 167 Å². The predicted molar refractivity (Wildman–Crippen MR) is 95.4 cm³/mol. The molecule has 1 fully saturated rings. The highest BCUT2D eigenvalue weighted by Crippen LogP contribution is 2.36. The molecule has 2 N–H and O–H groups in total. The normalized spacial score (nSPS) is 14.3. The van der Waals surface area contributed by atoms with E-state index in [-0.39, 0.29) is 24.4 Å². The number of alkyl halides is 6. The van der Waals surface area contributed by atoms with Gasteiger partial charge in [-0.15, -0.1) is 0 Å². The molecule has 30 heavy (non-hydrogen) atoms. The van der Waals surface area contributed by atoms with Crippen molar-refractivity contribution in [2.45, 2.75) is 31.7 Å². The summed E-state index contributed by atoms with van der Waals surface area (Å²) in [5, 5.41) is 5.02. The fourth-order valence-electron chi connectivity index (χ4n) is 2.67. The van der Waals surface area contributed by atoms with Crippen LogP contribution in [0.1, 0.15) is 39.9 Å². The molecule has 4 nitrogen and oxygen atoms in total. The minimum atomic E-state index is -5.03. The lowest BCUT2D eigenvalue weighted by atomic mass is 10.0. The molecule has 1 saturated carbocycles. The van der Waals surface area contributed by atoms with E-state index >= 15 is 0 Å². The molecule has 1 aliphatic rings. The molecule has 10 heteroatoms. The van der Waals surface area contributed by atoms with Crippen LogP contribution < -0.4 is 10.6 Å². The van der Waals surface area contributed by atoms with Crippen molar-refractivity contribution < 1.29 is 35.9 Å². The van der Waals surface area contributed by atoms with Crippen molar-refractivity contribution in [2.75, 3.05) is 5.32 Å². The molecule has 1 aliphatic carbocycles. The molecule has 2 amide bonds. The van der Waals surface area contributed by atoms with Crippen molar-refractivity contribution >= 4 is 17.5 Å². The maximum atomic E-state index is 12.9. The Bertz CT molecular complexity index is 915. The van der Waals surface area contributed by atoms with E-state index in [1.165, 1.54) is 0 Å². The average molecular weight is 430 g/mol. The fourth-order valence-corrected chi connectivity index (χ4v) is 2.67. The summed E-state index contributed by atoms with van der Waals surface area (Å²) in [7, 11) is 0. The number of carbonyl (C=O) groups excluding carboxylic acids is 2. The molecule has 0 bridgehead atoms. The third-order valence-corrected chi connectivity index (χ3v) is 4.47. The van der Waals surface area contributed by atoms with Gasteiger partial charge in [0.15, 0.2) is 0 Å². The fraction of sp³-hybridized carbons (Fsp3) is 0.300. The van der Waals surface area contributed by atoms with Crippen LogP contribution in [-0.2, 0) is 23.7 Å². The van der Waals surface area contributed by atoms with Gasteiger partial charge in [-0.25, -0.2) is 0 Å². The minimum Gasteiger partial charge on any atom is -0.348 e. The molecular formula is C20H16F6N2O2. The Balaban J connectivity index is 1.68. The molecule has 3 rings (SSSR count). The van der Waals surface area contributed by atoms with Crippen molar-refractivity contribution in [3.8, 4) is 0 Å². The second-order valence-electron chi connectivity index (χ2n) is 6.94. The molecule has 0 spiro atoms. The molecule has 0 unspecified atom stereocenters. The van der Waals surface area contributed by atoms with Crippen molar-refractivity contribution in [1.29, 1.82) is 0 Å². The third kappa shape index (κ3) is 5.52. The molecule has 0 aromatic heterocycles. The van der Waals surface area contributed by atoms with E-state index in [0.29, 0.717) is 23.4 Å². The smallest absolute Gasteiger partial charge is 0.348 e. The van der Waals surface area contributed by atoms with Gasteiger partial charge >= 0.3 is 12.4 Å². The Kier molecular flexibility index (Phi) is 5.78. The van der Waals surface area contributed by atoms with E-state index in [9.17, 15) is 35.9 Å². The van der Waals surface area contributed by atoms with E-state index in [0.717, 1.165) is 12.8 Å². The number of hydrogen-bond acceptors (Lipinski definition) is 2. The molecule has 2 aromatic rings. The average Bonchev–Trinajstić information content (AvgIpc) is 3.51. The number of halogens is 6. The van der Waals surface area contributed by atoms with E-state index in [2.05, 4.69) is 10.6 Å². The second-order valence-corrected chi connectivity index (χ2v) is 6.94. The number of nitrogens with one attached hydrogen (secondary N) is 2.